The van der Waals surface area contributed by atoms with Crippen molar-refractivity contribution < 1.29 is 0 Å². The van der Waals surface area contributed by atoms with Crippen molar-refractivity contribution in [1.82, 2.24) is 19.1 Å². The lowest BCUT2D eigenvalue weighted by Gasteiger charge is -2.19. The number of nitrogens with zero attached hydrogens (tertiary/aromatic N) is 4. The zero-order chi connectivity index (χ0) is 82.9. The molecule has 2 aromatic heterocycles. The van der Waals surface area contributed by atoms with E-state index in [1.807, 2.05) is 0 Å². The van der Waals surface area contributed by atoms with E-state index in [-0.39, 0.29) is 0 Å². The molecule has 0 saturated carbocycles. The third-order valence-corrected chi connectivity index (χ3v) is 26.3. The van der Waals surface area contributed by atoms with Gasteiger partial charge >= 0.3 is 0 Å². The molecule has 0 N–H and O–H groups in total. The first kappa shape index (κ1) is 72.2. The Labute approximate surface area is 727 Å². The van der Waals surface area contributed by atoms with Gasteiger partial charge in [-0.25, -0.2) is 9.97 Å². The number of hydrogen-bond donors (Lipinski definition) is 0. The molecule has 4 nitrogen and oxygen atoms in total. The van der Waals surface area contributed by atoms with E-state index in [1.165, 1.54) is 185 Å². The molecule has 4 heteroatoms. The third kappa shape index (κ3) is 11.3. The van der Waals surface area contributed by atoms with Crippen LogP contribution in [0.3, 0.4) is 0 Å². The normalized spacial score (nSPS) is 11.8. The van der Waals surface area contributed by atoms with Crippen LogP contribution in [0.15, 0.2) is 461 Å². The summed E-state index contributed by atoms with van der Waals surface area (Å²) in [7, 11) is 0. The Hall–Kier alpha value is -16.7. The van der Waals surface area contributed by atoms with Gasteiger partial charge in [-0.1, -0.05) is 437 Å². The van der Waals surface area contributed by atoms with Gasteiger partial charge in [-0.05, 0) is 199 Å². The van der Waals surface area contributed by atoms with E-state index < -0.39 is 0 Å². The topological polar surface area (TPSA) is 35.6 Å². The van der Waals surface area contributed by atoms with Gasteiger partial charge in [-0.2, -0.15) is 0 Å². The molecule has 0 atom stereocenters. The number of fused-ring (bicyclic) bond motifs is 20. The number of imidazole rings is 2. The Morgan fingerprint density at radius 3 is 0.484 bits per heavy atom. The SMILES string of the molecule is c1ccc(-c2c3ccccc3c(-c3ccc(-c4c5ccccc5c(-c5nc6c7ccccc7c7ccccc7c6n5-c5ccccc5)c5ccccc45)cc3)c3ccccc23)cc1.c1ccc(-c2c3ccccc3c(-c3ccc(-c4c5ccccc5c(-c5nc6c7ccccc7c7ccccc7c6n5-c5ccccc5)c5ccccc45)cc3)c3ccccc23)cc1. The van der Waals surface area contributed by atoms with Gasteiger partial charge in [-0.3, -0.25) is 9.13 Å². The van der Waals surface area contributed by atoms with Crippen molar-refractivity contribution >= 4 is 151 Å². The molecule has 2 heterocycles. The second-order valence-corrected chi connectivity index (χ2v) is 33.0. The summed E-state index contributed by atoms with van der Waals surface area (Å²) in [5, 5.41) is 29.1. The van der Waals surface area contributed by atoms with Crippen LogP contribution >= 0.6 is 0 Å². The van der Waals surface area contributed by atoms with E-state index in [0.717, 1.165) is 67.0 Å². The fourth-order valence-electron chi connectivity index (χ4n) is 21.1. The van der Waals surface area contributed by atoms with Gasteiger partial charge in [0.05, 0.1) is 22.1 Å². The van der Waals surface area contributed by atoms with Crippen LogP contribution in [0, 0.1) is 0 Å². The second kappa shape index (κ2) is 29.6. The first-order valence-corrected chi connectivity index (χ1v) is 43.4. The number of para-hydroxylation sites is 2. The van der Waals surface area contributed by atoms with Gasteiger partial charge in [0.15, 0.2) is 0 Å². The molecule has 24 aromatic carbocycles. The van der Waals surface area contributed by atoms with E-state index in [4.69, 9.17) is 9.97 Å². The average molecular weight is 1600 g/mol. The van der Waals surface area contributed by atoms with Crippen molar-refractivity contribution in [1.29, 1.82) is 0 Å². The monoisotopic (exact) mass is 1600 g/mol. The first-order chi connectivity index (χ1) is 62.6. The Kier molecular flexibility index (Phi) is 17.0. The minimum Gasteiger partial charge on any atom is -0.292 e. The fraction of sp³-hybridized carbons (Fsp3) is 0. The zero-order valence-electron chi connectivity index (χ0n) is 68.7. The quantitative estimate of drug-likeness (QED) is 0.101. The summed E-state index contributed by atoms with van der Waals surface area (Å²) < 4.78 is 4.81. The van der Waals surface area contributed by atoms with E-state index in [0.29, 0.717) is 0 Å². The van der Waals surface area contributed by atoms with Crippen LogP contribution in [0.1, 0.15) is 0 Å². The van der Waals surface area contributed by atoms with Gasteiger partial charge in [-0.15, -0.1) is 0 Å². The molecule has 0 aliphatic carbocycles. The molecular weight excluding hydrogens is 1520 g/mol. The van der Waals surface area contributed by atoms with Crippen LogP contribution in [-0.4, -0.2) is 19.1 Å². The molecule has 0 saturated heterocycles. The summed E-state index contributed by atoms with van der Waals surface area (Å²) >= 11 is 0. The van der Waals surface area contributed by atoms with Gasteiger partial charge in [0.25, 0.3) is 0 Å². The Morgan fingerprint density at radius 2 is 0.270 bits per heavy atom. The molecule has 0 unspecified atom stereocenters. The van der Waals surface area contributed by atoms with E-state index in [2.05, 4.69) is 470 Å². The van der Waals surface area contributed by atoms with Gasteiger partial charge in [0, 0.05) is 44.0 Å². The molecular formula is C122H76N4. The maximum atomic E-state index is 5.72. The highest BCUT2D eigenvalue weighted by molar-refractivity contribution is 6.30. The van der Waals surface area contributed by atoms with Crippen molar-refractivity contribution in [3.8, 4) is 101 Å². The minimum absolute atomic E-state index is 0.935. The molecule has 584 valence electrons. The highest BCUT2D eigenvalue weighted by Gasteiger charge is 2.29. The standard InChI is InChI=1S/2C61H38N2/c2*1-3-19-39(20-4-1)55-45-25-9-11-27-47(45)56(48-28-12-10-26-46(48)55)40-35-37-41(38-36-40)57-49-29-13-15-31-51(49)58(52-32-16-14-30-50(52)57)61-62-59-53-33-17-7-23-43(53)44-24-8-18-34-54(44)60(59)63(61)42-21-5-2-6-22-42/h2*1-38H. The van der Waals surface area contributed by atoms with E-state index in [9.17, 15) is 0 Å². The number of hydrogen-bond acceptors (Lipinski definition) is 2. The highest BCUT2D eigenvalue weighted by Crippen LogP contribution is 2.53. The maximum absolute atomic E-state index is 5.72. The Morgan fingerprint density at radius 1 is 0.119 bits per heavy atom. The molecule has 0 aliphatic rings. The first-order valence-electron chi connectivity index (χ1n) is 43.4. The average Bonchev–Trinajstić information content (AvgIpc) is 1.38. The Bertz CT molecular complexity index is 8170. The van der Waals surface area contributed by atoms with E-state index in [1.54, 1.807) is 0 Å². The lowest BCUT2D eigenvalue weighted by atomic mass is 9.85. The molecule has 0 radical (unpaired) electrons. The van der Waals surface area contributed by atoms with Crippen LogP contribution in [0.2, 0.25) is 0 Å². The largest absolute Gasteiger partial charge is 0.292 e. The Balaban J connectivity index is 0.000000137. The summed E-state index contributed by atoms with van der Waals surface area (Å²) in [5.74, 6) is 1.87. The number of aromatic nitrogens is 4. The smallest absolute Gasteiger partial charge is 0.147 e. The van der Waals surface area contributed by atoms with Crippen LogP contribution in [-0.2, 0) is 0 Å². The predicted octanol–water partition coefficient (Wildman–Crippen LogP) is 33.2. The van der Waals surface area contributed by atoms with Gasteiger partial charge < -0.3 is 0 Å². The summed E-state index contributed by atoms with van der Waals surface area (Å²) in [6, 6.07) is 168. The lowest BCUT2D eigenvalue weighted by molar-refractivity contribution is 1.11. The molecule has 26 aromatic rings. The molecule has 0 amide bonds. The molecule has 126 heavy (non-hydrogen) atoms. The fourth-order valence-corrected chi connectivity index (χ4v) is 21.1. The van der Waals surface area contributed by atoms with Crippen molar-refractivity contribution in [3.05, 3.63) is 461 Å². The lowest BCUT2D eigenvalue weighted by Crippen LogP contribution is -2.00. The van der Waals surface area contributed by atoms with Crippen molar-refractivity contribution in [2.45, 2.75) is 0 Å². The van der Waals surface area contributed by atoms with Crippen molar-refractivity contribution in [2.75, 3.05) is 0 Å². The maximum Gasteiger partial charge on any atom is 0.147 e. The zero-order valence-corrected chi connectivity index (χ0v) is 68.7. The summed E-state index contributed by atoms with van der Waals surface area (Å²) in [6.45, 7) is 0. The van der Waals surface area contributed by atoms with Gasteiger partial charge in [0.1, 0.15) is 11.6 Å². The number of rotatable bonds is 10. The molecule has 0 fully saturated rings. The van der Waals surface area contributed by atoms with Gasteiger partial charge in [0.2, 0.25) is 0 Å². The summed E-state index contributed by atoms with van der Waals surface area (Å²) in [5.41, 5.74) is 23.4. The number of benzene rings is 24. The van der Waals surface area contributed by atoms with Crippen LogP contribution < -0.4 is 0 Å². The highest BCUT2D eigenvalue weighted by atomic mass is 15.1. The van der Waals surface area contributed by atoms with E-state index >= 15 is 0 Å². The molecule has 0 spiro atoms. The molecule has 26 rings (SSSR count). The minimum atomic E-state index is 0.935. The molecule has 0 bridgehead atoms. The van der Waals surface area contributed by atoms with Crippen LogP contribution in [0.4, 0.5) is 0 Å². The predicted molar refractivity (Wildman–Crippen MR) is 536 cm³/mol. The second-order valence-electron chi connectivity index (χ2n) is 33.0. The summed E-state index contributed by atoms with van der Waals surface area (Å²) in [6.07, 6.45) is 0. The molecule has 0 aliphatic heterocycles. The van der Waals surface area contributed by atoms with Crippen LogP contribution in [0.25, 0.3) is 252 Å². The third-order valence-electron chi connectivity index (χ3n) is 26.3. The van der Waals surface area contributed by atoms with Crippen LogP contribution in [0.5, 0.6) is 0 Å². The summed E-state index contributed by atoms with van der Waals surface area (Å²) in [4.78, 5) is 11.4. The van der Waals surface area contributed by atoms with Crippen molar-refractivity contribution in [3.63, 3.8) is 0 Å². The van der Waals surface area contributed by atoms with Crippen molar-refractivity contribution in [2.24, 2.45) is 0 Å².